The van der Waals surface area contributed by atoms with Crippen LogP contribution in [0.3, 0.4) is 0 Å². The zero-order valence-electron chi connectivity index (χ0n) is 15.9. The molecule has 0 aliphatic rings. The van der Waals surface area contributed by atoms with Crippen molar-refractivity contribution >= 4 is 6.09 Å². The topological polar surface area (TPSA) is 38.3 Å². The molecule has 0 heterocycles. The Morgan fingerprint density at radius 2 is 1.60 bits per heavy atom. The lowest BCUT2D eigenvalue weighted by molar-refractivity contribution is 0.195. The van der Waals surface area contributed by atoms with Crippen LogP contribution in [0.1, 0.15) is 75.6 Å². The van der Waals surface area contributed by atoms with Gasteiger partial charge in [0.25, 0.3) is 0 Å². The van der Waals surface area contributed by atoms with Crippen LogP contribution in [-0.2, 0) is 0 Å². The third-order valence-corrected chi connectivity index (χ3v) is 4.67. The van der Waals surface area contributed by atoms with Crippen LogP contribution < -0.4 is 10.1 Å². The van der Waals surface area contributed by atoms with Crippen molar-refractivity contribution in [2.45, 2.75) is 58.9 Å². The third-order valence-electron chi connectivity index (χ3n) is 4.67. The standard InChI is InChI=1S/C22H29NO2/c1-6-16(4)20-14-10-13-19(15(2)3)21(20)25-22(24)23-17(5)18-11-8-7-9-12-18/h7-17H,6H2,1-5H3,(H,23,24)/t16?,17-/m0/s1. The van der Waals surface area contributed by atoms with Gasteiger partial charge in [0.15, 0.2) is 0 Å². The molecule has 25 heavy (non-hydrogen) atoms. The normalized spacial score (nSPS) is 13.4. The number of benzene rings is 2. The summed E-state index contributed by atoms with van der Waals surface area (Å²) in [5.74, 6) is 1.34. The molecule has 2 aromatic carbocycles. The molecule has 0 spiro atoms. The summed E-state index contributed by atoms with van der Waals surface area (Å²) in [7, 11) is 0. The number of nitrogens with one attached hydrogen (secondary N) is 1. The quantitative estimate of drug-likeness (QED) is 0.683. The minimum absolute atomic E-state index is 0.105. The Labute approximate surface area is 151 Å². The molecule has 2 rings (SSSR count). The highest BCUT2D eigenvalue weighted by atomic mass is 16.6. The summed E-state index contributed by atoms with van der Waals surface area (Å²) >= 11 is 0. The Kier molecular flexibility index (Phi) is 6.63. The van der Waals surface area contributed by atoms with Crippen molar-refractivity contribution in [1.29, 1.82) is 0 Å². The fourth-order valence-electron chi connectivity index (χ4n) is 2.88. The molecule has 0 aromatic heterocycles. The second kappa shape index (κ2) is 8.70. The number of rotatable bonds is 6. The Morgan fingerprint density at radius 1 is 0.960 bits per heavy atom. The second-order valence-corrected chi connectivity index (χ2v) is 6.90. The molecule has 3 nitrogen and oxygen atoms in total. The maximum Gasteiger partial charge on any atom is 0.413 e. The van der Waals surface area contributed by atoms with Gasteiger partial charge < -0.3 is 10.1 Å². The van der Waals surface area contributed by atoms with Crippen LogP contribution in [0.15, 0.2) is 48.5 Å². The van der Waals surface area contributed by atoms with Gasteiger partial charge in [-0.3, -0.25) is 0 Å². The smallest absolute Gasteiger partial charge is 0.410 e. The molecule has 1 amide bonds. The molecule has 0 saturated carbocycles. The first-order chi connectivity index (χ1) is 11.9. The van der Waals surface area contributed by atoms with Crippen LogP contribution in [0.5, 0.6) is 5.75 Å². The first kappa shape index (κ1) is 19.0. The van der Waals surface area contributed by atoms with Gasteiger partial charge in [-0.05, 0) is 41.9 Å². The summed E-state index contributed by atoms with van der Waals surface area (Å²) in [5, 5.41) is 2.93. The Balaban J connectivity index is 2.21. The van der Waals surface area contributed by atoms with Gasteiger partial charge in [-0.1, -0.05) is 76.2 Å². The van der Waals surface area contributed by atoms with Crippen molar-refractivity contribution in [3.05, 3.63) is 65.2 Å². The van der Waals surface area contributed by atoms with Crippen LogP contribution in [0, 0.1) is 0 Å². The van der Waals surface area contributed by atoms with Gasteiger partial charge in [0.2, 0.25) is 0 Å². The molecule has 0 bridgehead atoms. The number of para-hydroxylation sites is 1. The minimum Gasteiger partial charge on any atom is -0.410 e. The lowest BCUT2D eigenvalue weighted by atomic mass is 9.92. The largest absolute Gasteiger partial charge is 0.413 e. The molecule has 0 saturated heterocycles. The van der Waals surface area contributed by atoms with E-state index in [4.69, 9.17) is 4.74 Å². The fraction of sp³-hybridized carbons (Fsp3) is 0.409. The van der Waals surface area contributed by atoms with E-state index in [1.54, 1.807) is 0 Å². The Bertz CT molecular complexity index is 694. The highest BCUT2D eigenvalue weighted by molar-refractivity contribution is 5.72. The molecule has 2 aromatic rings. The highest BCUT2D eigenvalue weighted by Gasteiger charge is 2.20. The maximum atomic E-state index is 12.5. The molecular weight excluding hydrogens is 310 g/mol. The molecule has 3 heteroatoms. The zero-order valence-corrected chi connectivity index (χ0v) is 15.9. The maximum absolute atomic E-state index is 12.5. The van der Waals surface area contributed by atoms with Gasteiger partial charge in [0.1, 0.15) is 5.75 Å². The second-order valence-electron chi connectivity index (χ2n) is 6.90. The minimum atomic E-state index is -0.408. The van der Waals surface area contributed by atoms with Gasteiger partial charge in [-0.2, -0.15) is 0 Å². The molecule has 0 aliphatic heterocycles. The summed E-state index contributed by atoms with van der Waals surface area (Å²) in [6.45, 7) is 10.5. The van der Waals surface area contributed by atoms with E-state index >= 15 is 0 Å². The lowest BCUT2D eigenvalue weighted by Crippen LogP contribution is -2.30. The van der Waals surface area contributed by atoms with Crippen LogP contribution in [0.25, 0.3) is 0 Å². The van der Waals surface area contributed by atoms with Crippen molar-refractivity contribution < 1.29 is 9.53 Å². The van der Waals surface area contributed by atoms with Crippen LogP contribution >= 0.6 is 0 Å². The van der Waals surface area contributed by atoms with Gasteiger partial charge in [0, 0.05) is 0 Å². The average Bonchev–Trinajstić information content (AvgIpc) is 2.61. The van der Waals surface area contributed by atoms with E-state index in [2.05, 4.69) is 39.1 Å². The number of hydrogen-bond acceptors (Lipinski definition) is 2. The summed E-state index contributed by atoms with van der Waals surface area (Å²) < 4.78 is 5.80. The van der Waals surface area contributed by atoms with Crippen LogP contribution in [0.4, 0.5) is 4.79 Å². The van der Waals surface area contributed by atoms with E-state index in [0.29, 0.717) is 17.6 Å². The van der Waals surface area contributed by atoms with E-state index in [9.17, 15) is 4.79 Å². The van der Waals surface area contributed by atoms with Crippen molar-refractivity contribution in [1.82, 2.24) is 5.32 Å². The zero-order chi connectivity index (χ0) is 18.4. The number of carbonyl (C=O) groups excluding carboxylic acids is 1. The molecule has 0 radical (unpaired) electrons. The van der Waals surface area contributed by atoms with Crippen LogP contribution in [-0.4, -0.2) is 6.09 Å². The highest BCUT2D eigenvalue weighted by Crippen LogP contribution is 2.35. The average molecular weight is 339 g/mol. The lowest BCUT2D eigenvalue weighted by Gasteiger charge is -2.21. The summed E-state index contributed by atoms with van der Waals surface area (Å²) in [4.78, 5) is 12.5. The summed E-state index contributed by atoms with van der Waals surface area (Å²) in [5.41, 5.74) is 3.22. The number of amides is 1. The monoisotopic (exact) mass is 339 g/mol. The third kappa shape index (κ3) is 4.85. The first-order valence-corrected chi connectivity index (χ1v) is 9.10. The molecule has 0 aliphatic carbocycles. The molecule has 2 atom stereocenters. The van der Waals surface area contributed by atoms with Crippen molar-refractivity contribution in [3.8, 4) is 5.75 Å². The van der Waals surface area contributed by atoms with Gasteiger partial charge in [0.05, 0.1) is 6.04 Å². The molecule has 134 valence electrons. The molecule has 1 unspecified atom stereocenters. The van der Waals surface area contributed by atoms with E-state index in [-0.39, 0.29) is 6.04 Å². The fourth-order valence-corrected chi connectivity index (χ4v) is 2.88. The Hall–Kier alpha value is -2.29. The number of hydrogen-bond donors (Lipinski definition) is 1. The van der Waals surface area contributed by atoms with E-state index < -0.39 is 6.09 Å². The predicted octanol–water partition coefficient (Wildman–Crippen LogP) is 6.17. The van der Waals surface area contributed by atoms with E-state index in [1.807, 2.05) is 49.4 Å². The molecular formula is C22H29NO2. The SMILES string of the molecule is CCC(C)c1cccc(C(C)C)c1OC(=O)N[C@@H](C)c1ccccc1. The van der Waals surface area contributed by atoms with E-state index in [1.165, 1.54) is 0 Å². The van der Waals surface area contributed by atoms with Crippen molar-refractivity contribution in [2.75, 3.05) is 0 Å². The van der Waals surface area contributed by atoms with Crippen molar-refractivity contribution in [3.63, 3.8) is 0 Å². The summed E-state index contributed by atoms with van der Waals surface area (Å²) in [6, 6.07) is 15.9. The van der Waals surface area contributed by atoms with Crippen LogP contribution in [0.2, 0.25) is 0 Å². The molecule has 1 N–H and O–H groups in total. The first-order valence-electron chi connectivity index (χ1n) is 9.10. The van der Waals surface area contributed by atoms with Crippen molar-refractivity contribution in [2.24, 2.45) is 0 Å². The number of carbonyl (C=O) groups is 1. The predicted molar refractivity (Wildman–Crippen MR) is 103 cm³/mol. The van der Waals surface area contributed by atoms with Gasteiger partial charge >= 0.3 is 6.09 Å². The van der Waals surface area contributed by atoms with Gasteiger partial charge in [-0.25, -0.2) is 4.79 Å². The number of ether oxygens (including phenoxy) is 1. The van der Waals surface area contributed by atoms with Gasteiger partial charge in [-0.15, -0.1) is 0 Å². The Morgan fingerprint density at radius 3 is 2.20 bits per heavy atom. The molecule has 0 fully saturated rings. The van der Waals surface area contributed by atoms with E-state index in [0.717, 1.165) is 23.1 Å². The summed E-state index contributed by atoms with van der Waals surface area (Å²) in [6.07, 6.45) is 0.592.